The van der Waals surface area contributed by atoms with Crippen LogP contribution in [0.25, 0.3) is 0 Å². The maximum absolute atomic E-state index is 11.0. The standard InChI is InChI=1S/C22H23NO3Si/c1-22(2,3)27(20-10-6-4-7-11-20,21-12-8-5-9-13-21)26-19-16-14-18(15-17-19)23(24)25/h4-17H,1-3H3. The molecule has 0 saturated carbocycles. The lowest BCUT2D eigenvalue weighted by Crippen LogP contribution is -2.68. The molecule has 0 aliphatic carbocycles. The van der Waals surface area contributed by atoms with Crippen molar-refractivity contribution >= 4 is 24.4 Å². The molecular weight excluding hydrogens is 354 g/mol. The lowest BCUT2D eigenvalue weighted by Gasteiger charge is -2.42. The van der Waals surface area contributed by atoms with Gasteiger partial charge in [0.25, 0.3) is 5.69 Å². The highest BCUT2D eigenvalue weighted by molar-refractivity contribution is 7.00. The second kappa shape index (κ2) is 7.37. The average Bonchev–Trinajstić information content (AvgIpc) is 2.67. The van der Waals surface area contributed by atoms with Crippen LogP contribution in [0.1, 0.15) is 20.8 Å². The first kappa shape index (κ1) is 18.9. The zero-order valence-electron chi connectivity index (χ0n) is 15.8. The summed E-state index contributed by atoms with van der Waals surface area (Å²) in [6, 6.07) is 27.0. The summed E-state index contributed by atoms with van der Waals surface area (Å²) in [6.45, 7) is 6.60. The van der Waals surface area contributed by atoms with Gasteiger partial charge in [-0.3, -0.25) is 10.1 Å². The van der Waals surface area contributed by atoms with Crippen molar-refractivity contribution in [2.45, 2.75) is 25.8 Å². The van der Waals surface area contributed by atoms with Gasteiger partial charge in [-0.2, -0.15) is 0 Å². The maximum Gasteiger partial charge on any atom is 0.319 e. The van der Waals surface area contributed by atoms with Crippen LogP contribution < -0.4 is 14.8 Å². The Morgan fingerprint density at radius 3 is 1.59 bits per heavy atom. The fourth-order valence-electron chi connectivity index (χ4n) is 3.46. The number of nitrogens with zero attached hydrogens (tertiary/aromatic N) is 1. The van der Waals surface area contributed by atoms with Crippen molar-refractivity contribution in [3.05, 3.63) is 95.0 Å². The van der Waals surface area contributed by atoms with Gasteiger partial charge in [-0.05, 0) is 27.5 Å². The van der Waals surface area contributed by atoms with Crippen LogP contribution in [0, 0.1) is 10.1 Å². The smallest absolute Gasteiger partial charge is 0.319 e. The zero-order chi connectivity index (χ0) is 19.5. The van der Waals surface area contributed by atoms with Crippen LogP contribution >= 0.6 is 0 Å². The lowest BCUT2D eigenvalue weighted by atomic mass is 10.2. The molecule has 3 aromatic carbocycles. The van der Waals surface area contributed by atoms with E-state index in [-0.39, 0.29) is 10.7 Å². The number of rotatable bonds is 5. The third-order valence-corrected chi connectivity index (χ3v) is 9.68. The van der Waals surface area contributed by atoms with Crippen LogP contribution in [0.5, 0.6) is 5.75 Å². The Bertz CT molecular complexity index is 864. The predicted molar refractivity (Wildman–Crippen MR) is 111 cm³/mol. The Morgan fingerprint density at radius 1 is 0.778 bits per heavy atom. The van der Waals surface area contributed by atoms with Crippen molar-refractivity contribution in [1.29, 1.82) is 0 Å². The Balaban J connectivity index is 2.19. The van der Waals surface area contributed by atoms with Crippen molar-refractivity contribution in [2.24, 2.45) is 0 Å². The molecule has 0 N–H and O–H groups in total. The van der Waals surface area contributed by atoms with E-state index in [9.17, 15) is 10.1 Å². The van der Waals surface area contributed by atoms with E-state index in [1.807, 2.05) is 36.4 Å². The summed E-state index contributed by atoms with van der Waals surface area (Å²) in [6.07, 6.45) is 0. The molecule has 0 aliphatic rings. The molecule has 0 fully saturated rings. The molecule has 27 heavy (non-hydrogen) atoms. The summed E-state index contributed by atoms with van der Waals surface area (Å²) in [5, 5.41) is 13.2. The maximum atomic E-state index is 11.0. The van der Waals surface area contributed by atoms with Gasteiger partial charge in [-0.25, -0.2) is 0 Å². The molecular formula is C22H23NO3Si. The minimum atomic E-state index is -2.70. The Labute approximate surface area is 160 Å². The van der Waals surface area contributed by atoms with E-state index in [0.29, 0.717) is 5.75 Å². The van der Waals surface area contributed by atoms with Gasteiger partial charge < -0.3 is 4.43 Å². The highest BCUT2D eigenvalue weighted by Gasteiger charge is 2.52. The first-order valence-electron chi connectivity index (χ1n) is 8.89. The molecule has 0 unspecified atom stereocenters. The highest BCUT2D eigenvalue weighted by Crippen LogP contribution is 2.37. The number of hydrogen-bond donors (Lipinski definition) is 0. The molecule has 0 bridgehead atoms. The minimum Gasteiger partial charge on any atom is -0.534 e. The van der Waals surface area contributed by atoms with Crippen molar-refractivity contribution < 1.29 is 9.35 Å². The highest BCUT2D eigenvalue weighted by atomic mass is 28.4. The lowest BCUT2D eigenvalue weighted by molar-refractivity contribution is -0.384. The van der Waals surface area contributed by atoms with E-state index >= 15 is 0 Å². The van der Waals surface area contributed by atoms with Gasteiger partial charge in [0, 0.05) is 12.1 Å². The van der Waals surface area contributed by atoms with Gasteiger partial charge in [0.2, 0.25) is 0 Å². The molecule has 3 rings (SSSR count). The van der Waals surface area contributed by atoms with Gasteiger partial charge in [0.15, 0.2) is 0 Å². The van der Waals surface area contributed by atoms with E-state index < -0.39 is 13.2 Å². The fraction of sp³-hybridized carbons (Fsp3) is 0.182. The normalized spacial score (nSPS) is 11.8. The van der Waals surface area contributed by atoms with E-state index in [4.69, 9.17) is 4.43 Å². The molecule has 138 valence electrons. The average molecular weight is 378 g/mol. The van der Waals surface area contributed by atoms with Crippen molar-refractivity contribution in [3.63, 3.8) is 0 Å². The number of nitro groups is 1. The largest absolute Gasteiger partial charge is 0.534 e. The predicted octanol–water partition coefficient (Wildman–Crippen LogP) is 4.53. The number of hydrogen-bond acceptors (Lipinski definition) is 3. The monoisotopic (exact) mass is 377 g/mol. The van der Waals surface area contributed by atoms with Crippen LogP contribution in [-0.2, 0) is 0 Å². The summed E-state index contributed by atoms with van der Waals surface area (Å²) >= 11 is 0. The molecule has 0 aromatic heterocycles. The quantitative estimate of drug-likeness (QED) is 0.373. The molecule has 5 heteroatoms. The Kier molecular flexibility index (Phi) is 5.14. The SMILES string of the molecule is CC(C)(C)[Si](Oc1ccc([N+](=O)[O-])cc1)(c1ccccc1)c1ccccc1. The topological polar surface area (TPSA) is 52.4 Å². The summed E-state index contributed by atoms with van der Waals surface area (Å²) in [5.74, 6) is 0.648. The van der Waals surface area contributed by atoms with E-state index in [1.165, 1.54) is 22.5 Å². The van der Waals surface area contributed by atoms with Gasteiger partial charge in [-0.1, -0.05) is 81.4 Å². The molecule has 0 heterocycles. The molecule has 3 aromatic rings. The minimum absolute atomic E-state index is 0.0600. The second-order valence-corrected chi connectivity index (χ2v) is 11.7. The van der Waals surface area contributed by atoms with Crippen LogP contribution in [0.15, 0.2) is 84.9 Å². The molecule has 4 nitrogen and oxygen atoms in total. The summed E-state index contributed by atoms with van der Waals surface area (Å²) in [4.78, 5) is 10.6. The second-order valence-electron chi connectivity index (χ2n) is 7.52. The van der Waals surface area contributed by atoms with Gasteiger partial charge in [-0.15, -0.1) is 0 Å². The molecule has 0 aliphatic heterocycles. The van der Waals surface area contributed by atoms with Crippen LogP contribution in [0.4, 0.5) is 5.69 Å². The number of nitro benzene ring substituents is 1. The molecule has 0 amide bonds. The number of non-ortho nitro benzene ring substituents is 1. The summed E-state index contributed by atoms with van der Waals surface area (Å²) in [7, 11) is -2.70. The van der Waals surface area contributed by atoms with Crippen molar-refractivity contribution in [2.75, 3.05) is 0 Å². The zero-order valence-corrected chi connectivity index (χ0v) is 16.8. The van der Waals surface area contributed by atoms with Crippen LogP contribution in [0.3, 0.4) is 0 Å². The molecule has 0 radical (unpaired) electrons. The van der Waals surface area contributed by atoms with Crippen molar-refractivity contribution in [3.8, 4) is 5.75 Å². The summed E-state index contributed by atoms with van der Waals surface area (Å²) < 4.78 is 6.79. The third-order valence-electron chi connectivity index (χ3n) is 4.74. The fourth-order valence-corrected chi connectivity index (χ4v) is 7.88. The molecule has 0 saturated heterocycles. The van der Waals surface area contributed by atoms with E-state index in [1.54, 1.807) is 12.1 Å². The number of benzene rings is 3. The van der Waals surface area contributed by atoms with Crippen LogP contribution in [0.2, 0.25) is 5.04 Å². The first-order chi connectivity index (χ1) is 12.8. The molecule has 0 spiro atoms. The third kappa shape index (κ3) is 3.64. The van der Waals surface area contributed by atoms with Crippen LogP contribution in [-0.4, -0.2) is 13.2 Å². The Hall–Kier alpha value is -2.92. The first-order valence-corrected chi connectivity index (χ1v) is 10.8. The van der Waals surface area contributed by atoms with Gasteiger partial charge in [0.05, 0.1) is 4.92 Å². The van der Waals surface area contributed by atoms with Gasteiger partial charge in [0.1, 0.15) is 5.75 Å². The van der Waals surface area contributed by atoms with Crippen molar-refractivity contribution in [1.82, 2.24) is 0 Å². The van der Waals surface area contributed by atoms with E-state index in [0.717, 1.165) is 0 Å². The Morgan fingerprint density at radius 2 is 1.22 bits per heavy atom. The molecule has 0 atom stereocenters. The van der Waals surface area contributed by atoms with Gasteiger partial charge >= 0.3 is 8.32 Å². The summed E-state index contributed by atoms with van der Waals surface area (Å²) in [5.41, 5.74) is 0.0600. The van der Waals surface area contributed by atoms with E-state index in [2.05, 4.69) is 45.0 Å².